The van der Waals surface area contributed by atoms with Gasteiger partial charge in [0.2, 0.25) is 0 Å². The van der Waals surface area contributed by atoms with Gasteiger partial charge in [-0.3, -0.25) is 0 Å². The number of hydrogen-bond donors (Lipinski definition) is 0. The first kappa shape index (κ1) is 13.0. The van der Waals surface area contributed by atoms with E-state index in [1.807, 2.05) is 18.2 Å². The maximum absolute atomic E-state index is 4.88. The molecule has 0 amide bonds. The summed E-state index contributed by atoms with van der Waals surface area (Å²) in [6.45, 7) is 0. The first-order chi connectivity index (χ1) is 3.93. The summed E-state index contributed by atoms with van der Waals surface area (Å²) < 4.78 is 4.88. The van der Waals surface area contributed by atoms with Crippen LogP contribution >= 0.6 is 0 Å². The minimum Gasteiger partial charge on any atom is -1.00 e. The molecule has 50 valence electrons. The fourth-order valence-electron chi connectivity index (χ4n) is 0.504. The molecule has 0 saturated heterocycles. The minimum absolute atomic E-state index is 0. The summed E-state index contributed by atoms with van der Waals surface area (Å²) in [5.74, 6) is 0.854. The van der Waals surface area contributed by atoms with E-state index in [-0.39, 0.29) is 43.5 Å². The zero-order valence-electron chi connectivity index (χ0n) is 5.80. The van der Waals surface area contributed by atoms with E-state index >= 15 is 0 Å². The monoisotopic (exact) mass is 298 g/mol. The third kappa shape index (κ3) is 4.23. The van der Waals surface area contributed by atoms with E-state index in [0.717, 1.165) is 5.75 Å². The van der Waals surface area contributed by atoms with Crippen LogP contribution in [0.5, 0.6) is 5.75 Å². The van der Waals surface area contributed by atoms with Crippen LogP contribution in [0, 0.1) is 6.07 Å². The van der Waals surface area contributed by atoms with E-state index < -0.39 is 0 Å². The Balaban J connectivity index is 0. The number of methoxy groups -OCH3 is 1. The maximum atomic E-state index is 4.88. The van der Waals surface area contributed by atoms with Crippen molar-refractivity contribution < 1.29 is 48.2 Å². The molecule has 0 aromatic heterocycles. The third-order valence-electron chi connectivity index (χ3n) is 0.914. The zero-order valence-corrected chi connectivity index (χ0v) is 10.9. The van der Waals surface area contributed by atoms with Crippen LogP contribution in [0.2, 0.25) is 0 Å². The molecule has 0 unspecified atom stereocenters. The Kier molecular flexibility index (Phi) is 9.72. The molecular weight excluding hydrogens is 292 g/mol. The molecule has 1 aromatic rings. The van der Waals surface area contributed by atoms with Gasteiger partial charge < -0.3 is 28.7 Å². The Morgan fingerprint density at radius 3 is 2.50 bits per heavy atom. The van der Waals surface area contributed by atoms with Gasteiger partial charge >= 0.3 is 19.5 Å². The fourth-order valence-corrected chi connectivity index (χ4v) is 0.504. The molecule has 0 N–H and O–H groups in total. The molecule has 0 bridgehead atoms. The van der Waals surface area contributed by atoms with Gasteiger partial charge in [-0.15, -0.1) is 12.1 Å². The zero-order chi connectivity index (χ0) is 5.82. The predicted molar refractivity (Wildman–Crippen MR) is 31.8 cm³/mol. The molecular formula is C7H7IOZn. The molecule has 0 radical (unpaired) electrons. The van der Waals surface area contributed by atoms with Crippen LogP contribution in [0.15, 0.2) is 24.3 Å². The molecule has 0 aliphatic carbocycles. The van der Waals surface area contributed by atoms with Gasteiger partial charge in [0.05, 0.1) is 7.11 Å². The average molecular weight is 299 g/mol. The van der Waals surface area contributed by atoms with Crippen molar-refractivity contribution in [3.8, 4) is 5.75 Å². The quantitative estimate of drug-likeness (QED) is 0.348. The largest absolute Gasteiger partial charge is 2.00 e. The van der Waals surface area contributed by atoms with E-state index in [9.17, 15) is 0 Å². The average Bonchev–Trinajstić information content (AvgIpc) is 1.90. The maximum Gasteiger partial charge on any atom is 2.00 e. The molecule has 0 heterocycles. The molecule has 0 aliphatic heterocycles. The summed E-state index contributed by atoms with van der Waals surface area (Å²) in [7, 11) is 1.64. The summed E-state index contributed by atoms with van der Waals surface area (Å²) in [4.78, 5) is 0. The van der Waals surface area contributed by atoms with Crippen molar-refractivity contribution in [3.05, 3.63) is 30.3 Å². The van der Waals surface area contributed by atoms with E-state index in [0.29, 0.717) is 0 Å². The Morgan fingerprint density at radius 2 is 2.20 bits per heavy atom. The van der Waals surface area contributed by atoms with E-state index in [1.165, 1.54) is 0 Å². The van der Waals surface area contributed by atoms with Crippen molar-refractivity contribution in [2.24, 2.45) is 0 Å². The Bertz CT molecular complexity index is 155. The second-order valence-electron chi connectivity index (χ2n) is 1.44. The van der Waals surface area contributed by atoms with Gasteiger partial charge in [0, 0.05) is 5.75 Å². The van der Waals surface area contributed by atoms with Gasteiger partial charge in [0.25, 0.3) is 0 Å². The van der Waals surface area contributed by atoms with Crippen LogP contribution in [0.1, 0.15) is 0 Å². The number of benzene rings is 1. The first-order valence-corrected chi connectivity index (χ1v) is 2.43. The molecule has 1 rings (SSSR count). The number of hydrogen-bond acceptors (Lipinski definition) is 1. The van der Waals surface area contributed by atoms with Gasteiger partial charge in [0.1, 0.15) is 0 Å². The molecule has 1 nitrogen and oxygen atoms in total. The van der Waals surface area contributed by atoms with E-state index in [4.69, 9.17) is 4.74 Å². The summed E-state index contributed by atoms with van der Waals surface area (Å²) >= 11 is 0. The summed E-state index contributed by atoms with van der Waals surface area (Å²) in [6, 6.07) is 10.3. The molecule has 0 aliphatic rings. The van der Waals surface area contributed by atoms with Crippen LogP contribution in [0.25, 0.3) is 0 Å². The fraction of sp³-hybridized carbons (Fsp3) is 0.143. The number of rotatable bonds is 1. The van der Waals surface area contributed by atoms with Crippen molar-refractivity contribution in [3.63, 3.8) is 0 Å². The normalized spacial score (nSPS) is 6.90. The third-order valence-corrected chi connectivity index (χ3v) is 0.914. The second kappa shape index (κ2) is 7.48. The van der Waals surface area contributed by atoms with Gasteiger partial charge in [-0.05, 0) is 0 Å². The number of ether oxygens (including phenoxy) is 1. The SMILES string of the molecule is COc1c[c-]ccc1.[I-].[Zn+2]. The van der Waals surface area contributed by atoms with Gasteiger partial charge in [-0.1, -0.05) is 0 Å². The second-order valence-corrected chi connectivity index (χ2v) is 1.44. The Labute approximate surface area is 90.9 Å². The summed E-state index contributed by atoms with van der Waals surface area (Å²) in [5, 5.41) is 0. The van der Waals surface area contributed by atoms with Crippen molar-refractivity contribution in [1.29, 1.82) is 0 Å². The van der Waals surface area contributed by atoms with Crippen molar-refractivity contribution in [2.75, 3.05) is 7.11 Å². The molecule has 10 heavy (non-hydrogen) atoms. The topological polar surface area (TPSA) is 9.23 Å². The van der Waals surface area contributed by atoms with Crippen molar-refractivity contribution in [2.45, 2.75) is 0 Å². The van der Waals surface area contributed by atoms with Crippen LogP contribution in [-0.2, 0) is 19.5 Å². The van der Waals surface area contributed by atoms with Crippen molar-refractivity contribution in [1.82, 2.24) is 0 Å². The van der Waals surface area contributed by atoms with Gasteiger partial charge in [-0.2, -0.15) is 18.2 Å². The standard InChI is InChI=1S/C7H7O.HI.Zn/c1-8-7-5-3-2-4-6-7;;/h2-3,5-6H,1H3;1H;/q-1;;+2/p-1. The van der Waals surface area contributed by atoms with Gasteiger partial charge in [0.15, 0.2) is 0 Å². The van der Waals surface area contributed by atoms with Gasteiger partial charge in [-0.25, -0.2) is 0 Å². The first-order valence-electron chi connectivity index (χ1n) is 2.43. The molecule has 0 fully saturated rings. The molecule has 0 spiro atoms. The van der Waals surface area contributed by atoms with E-state index in [1.54, 1.807) is 13.2 Å². The molecule has 0 atom stereocenters. The van der Waals surface area contributed by atoms with Crippen LogP contribution in [0.4, 0.5) is 0 Å². The molecule has 0 saturated carbocycles. The smallest absolute Gasteiger partial charge is 1.00 e. The van der Waals surface area contributed by atoms with Crippen LogP contribution in [-0.4, -0.2) is 7.11 Å². The minimum atomic E-state index is 0. The van der Waals surface area contributed by atoms with Crippen LogP contribution < -0.4 is 28.7 Å². The molecule has 3 heteroatoms. The summed E-state index contributed by atoms with van der Waals surface area (Å²) in [5.41, 5.74) is 0. The number of halogens is 1. The van der Waals surface area contributed by atoms with Crippen LogP contribution in [0.3, 0.4) is 0 Å². The predicted octanol–water partition coefficient (Wildman–Crippen LogP) is -1.50. The summed E-state index contributed by atoms with van der Waals surface area (Å²) in [6.07, 6.45) is 0. The Hall–Kier alpha value is 0.373. The molecule has 1 aromatic carbocycles. The Morgan fingerprint density at radius 1 is 1.50 bits per heavy atom. The van der Waals surface area contributed by atoms with Crippen molar-refractivity contribution >= 4 is 0 Å². The van der Waals surface area contributed by atoms with E-state index in [2.05, 4.69) is 6.07 Å².